The fraction of sp³-hybridized carbons (Fsp3) is 0.619. The minimum atomic E-state index is -0.285. The van der Waals surface area contributed by atoms with Crippen LogP contribution in [0, 0.1) is 13.8 Å². The highest BCUT2D eigenvalue weighted by molar-refractivity contribution is 5.79. The van der Waals surface area contributed by atoms with Crippen molar-refractivity contribution in [3.05, 3.63) is 29.3 Å². The van der Waals surface area contributed by atoms with E-state index in [2.05, 4.69) is 0 Å². The summed E-state index contributed by atoms with van der Waals surface area (Å²) < 4.78 is 10.6. The van der Waals surface area contributed by atoms with Crippen LogP contribution in [0.3, 0.4) is 0 Å². The molecule has 1 amide bonds. The van der Waals surface area contributed by atoms with Crippen LogP contribution in [0.2, 0.25) is 0 Å². The van der Waals surface area contributed by atoms with Crippen molar-refractivity contribution in [1.29, 1.82) is 0 Å². The second-order valence-corrected chi connectivity index (χ2v) is 7.05. The molecule has 1 saturated carbocycles. The fourth-order valence-corrected chi connectivity index (χ4v) is 3.50. The lowest BCUT2D eigenvalue weighted by Gasteiger charge is -2.31. The molecule has 5 heteroatoms. The zero-order valence-electron chi connectivity index (χ0n) is 16.3. The minimum Gasteiger partial charge on any atom is -0.483 e. The van der Waals surface area contributed by atoms with Crippen molar-refractivity contribution >= 4 is 11.9 Å². The van der Waals surface area contributed by atoms with Crippen LogP contribution in [-0.4, -0.2) is 43.1 Å². The average molecular weight is 361 g/mol. The van der Waals surface area contributed by atoms with E-state index in [1.165, 1.54) is 20.0 Å². The summed E-state index contributed by atoms with van der Waals surface area (Å²) in [7, 11) is 1.38. The number of rotatable bonds is 7. The molecule has 5 nitrogen and oxygen atoms in total. The molecule has 0 heterocycles. The summed E-state index contributed by atoms with van der Waals surface area (Å²) in [5.41, 5.74) is 2.19. The number of hydrogen-bond donors (Lipinski definition) is 0. The zero-order chi connectivity index (χ0) is 18.9. The van der Waals surface area contributed by atoms with E-state index in [4.69, 9.17) is 9.47 Å². The molecule has 0 aromatic heterocycles. The highest BCUT2D eigenvalue weighted by atomic mass is 16.5. The minimum absolute atomic E-state index is 0.00195. The van der Waals surface area contributed by atoms with E-state index in [0.717, 1.165) is 42.6 Å². The van der Waals surface area contributed by atoms with Crippen molar-refractivity contribution in [2.24, 2.45) is 0 Å². The number of hydrogen-bond acceptors (Lipinski definition) is 4. The van der Waals surface area contributed by atoms with Gasteiger partial charge in [0.05, 0.1) is 13.5 Å². The van der Waals surface area contributed by atoms with Crippen LogP contribution in [0.15, 0.2) is 18.2 Å². The van der Waals surface area contributed by atoms with Crippen LogP contribution in [0.5, 0.6) is 5.75 Å². The maximum atomic E-state index is 12.9. The van der Waals surface area contributed by atoms with Crippen molar-refractivity contribution in [1.82, 2.24) is 4.90 Å². The third kappa shape index (κ3) is 5.75. The molecule has 0 aliphatic heterocycles. The molecular formula is C21H31NO4. The molecule has 1 aromatic carbocycles. The first-order valence-corrected chi connectivity index (χ1v) is 9.58. The van der Waals surface area contributed by atoms with Crippen molar-refractivity contribution in [2.75, 3.05) is 20.3 Å². The smallest absolute Gasteiger partial charge is 0.307 e. The quantitative estimate of drug-likeness (QED) is 0.548. The van der Waals surface area contributed by atoms with E-state index in [9.17, 15) is 9.59 Å². The molecule has 0 atom stereocenters. The molecule has 0 saturated heterocycles. The van der Waals surface area contributed by atoms with Crippen LogP contribution in [0.4, 0.5) is 0 Å². The Kier molecular flexibility index (Phi) is 7.95. The second-order valence-electron chi connectivity index (χ2n) is 7.05. The zero-order valence-corrected chi connectivity index (χ0v) is 16.3. The van der Waals surface area contributed by atoms with Gasteiger partial charge in [-0.1, -0.05) is 37.8 Å². The molecular weight excluding hydrogens is 330 g/mol. The highest BCUT2D eigenvalue weighted by Gasteiger charge is 2.25. The Morgan fingerprint density at radius 2 is 1.81 bits per heavy atom. The van der Waals surface area contributed by atoms with Gasteiger partial charge in [0.2, 0.25) is 0 Å². The Morgan fingerprint density at radius 3 is 2.46 bits per heavy atom. The molecule has 26 heavy (non-hydrogen) atoms. The number of carbonyl (C=O) groups excluding carboxylic acids is 2. The summed E-state index contributed by atoms with van der Waals surface area (Å²) >= 11 is 0. The van der Waals surface area contributed by atoms with E-state index < -0.39 is 0 Å². The van der Waals surface area contributed by atoms with Crippen LogP contribution in [0.25, 0.3) is 0 Å². The van der Waals surface area contributed by atoms with Gasteiger partial charge in [-0.3, -0.25) is 9.59 Å². The van der Waals surface area contributed by atoms with Gasteiger partial charge in [-0.15, -0.1) is 0 Å². The van der Waals surface area contributed by atoms with Gasteiger partial charge in [-0.25, -0.2) is 0 Å². The lowest BCUT2D eigenvalue weighted by molar-refractivity contribution is -0.143. The third-order valence-corrected chi connectivity index (χ3v) is 5.28. The van der Waals surface area contributed by atoms with Crippen molar-refractivity contribution in [3.8, 4) is 5.75 Å². The van der Waals surface area contributed by atoms with Crippen molar-refractivity contribution in [3.63, 3.8) is 0 Å². The number of amides is 1. The van der Waals surface area contributed by atoms with Gasteiger partial charge >= 0.3 is 5.97 Å². The molecule has 0 radical (unpaired) electrons. The molecule has 0 spiro atoms. The molecule has 1 aliphatic rings. The first-order chi connectivity index (χ1) is 12.5. The van der Waals surface area contributed by atoms with Crippen molar-refractivity contribution in [2.45, 2.75) is 64.8 Å². The number of carbonyl (C=O) groups is 2. The van der Waals surface area contributed by atoms with Gasteiger partial charge in [0.25, 0.3) is 5.91 Å². The lowest BCUT2D eigenvalue weighted by Crippen LogP contribution is -2.44. The standard InChI is InChI=1S/C21H31NO4/c1-16-9-8-12-19(17(16)2)26-15-20(23)22(14-13-21(24)25-3)18-10-6-4-5-7-11-18/h8-9,12,18H,4-7,10-11,13-15H2,1-3H3. The van der Waals surface area contributed by atoms with Gasteiger partial charge in [0.15, 0.2) is 6.61 Å². The molecule has 0 unspecified atom stereocenters. The number of ether oxygens (including phenoxy) is 2. The van der Waals surface area contributed by atoms with E-state index >= 15 is 0 Å². The molecule has 144 valence electrons. The van der Waals surface area contributed by atoms with Gasteiger partial charge < -0.3 is 14.4 Å². The summed E-state index contributed by atoms with van der Waals surface area (Å²) in [6.45, 7) is 4.42. The molecule has 1 aromatic rings. The number of benzene rings is 1. The summed E-state index contributed by atoms with van der Waals surface area (Å²) in [5, 5.41) is 0. The van der Waals surface area contributed by atoms with E-state index in [1.54, 1.807) is 0 Å². The summed E-state index contributed by atoms with van der Waals surface area (Å²) in [5.74, 6) is 0.403. The molecule has 1 fully saturated rings. The number of nitrogens with zero attached hydrogens (tertiary/aromatic N) is 1. The lowest BCUT2D eigenvalue weighted by atomic mass is 10.1. The average Bonchev–Trinajstić information content (AvgIpc) is 2.92. The third-order valence-electron chi connectivity index (χ3n) is 5.28. The largest absolute Gasteiger partial charge is 0.483 e. The Labute approximate surface area is 156 Å². The predicted molar refractivity (Wildman–Crippen MR) is 101 cm³/mol. The van der Waals surface area contributed by atoms with Gasteiger partial charge in [-0.2, -0.15) is 0 Å². The summed E-state index contributed by atoms with van der Waals surface area (Å²) in [4.78, 5) is 26.3. The Bertz CT molecular complexity index is 606. The topological polar surface area (TPSA) is 55.8 Å². The van der Waals surface area contributed by atoms with E-state index in [1.807, 2.05) is 36.9 Å². The number of methoxy groups -OCH3 is 1. The normalized spacial score (nSPS) is 15.2. The van der Waals surface area contributed by atoms with Crippen LogP contribution >= 0.6 is 0 Å². The summed E-state index contributed by atoms with van der Waals surface area (Å²) in [6.07, 6.45) is 6.91. The highest BCUT2D eigenvalue weighted by Crippen LogP contribution is 2.24. The Morgan fingerprint density at radius 1 is 1.12 bits per heavy atom. The molecule has 0 N–H and O–H groups in total. The maximum Gasteiger partial charge on any atom is 0.307 e. The molecule has 2 rings (SSSR count). The van der Waals surface area contributed by atoms with Crippen LogP contribution in [0.1, 0.15) is 56.1 Å². The van der Waals surface area contributed by atoms with Crippen LogP contribution < -0.4 is 4.74 Å². The van der Waals surface area contributed by atoms with E-state index in [-0.39, 0.29) is 30.9 Å². The van der Waals surface area contributed by atoms with E-state index in [0.29, 0.717) is 6.54 Å². The number of esters is 1. The maximum absolute atomic E-state index is 12.9. The SMILES string of the molecule is COC(=O)CCN(C(=O)COc1cccc(C)c1C)C1CCCCCC1. The molecule has 1 aliphatic carbocycles. The van der Waals surface area contributed by atoms with Gasteiger partial charge in [-0.05, 0) is 43.9 Å². The second kappa shape index (κ2) is 10.2. The van der Waals surface area contributed by atoms with Gasteiger partial charge in [0, 0.05) is 12.6 Å². The Hall–Kier alpha value is -2.04. The summed E-state index contributed by atoms with van der Waals surface area (Å²) in [6, 6.07) is 6.04. The first kappa shape index (κ1) is 20.3. The molecule has 0 bridgehead atoms. The van der Waals surface area contributed by atoms with Crippen LogP contribution in [-0.2, 0) is 14.3 Å². The predicted octanol–water partition coefficient (Wildman–Crippen LogP) is 3.80. The Balaban J connectivity index is 2.03. The monoisotopic (exact) mass is 361 g/mol. The van der Waals surface area contributed by atoms with Gasteiger partial charge in [0.1, 0.15) is 5.75 Å². The van der Waals surface area contributed by atoms with Crippen molar-refractivity contribution < 1.29 is 19.1 Å². The number of aryl methyl sites for hydroxylation is 1. The first-order valence-electron chi connectivity index (χ1n) is 9.58. The fourth-order valence-electron chi connectivity index (χ4n) is 3.50.